The average molecular weight is 328 g/mol. The molecule has 0 amide bonds. The molecule has 2 aliphatic carbocycles. The van der Waals surface area contributed by atoms with Gasteiger partial charge in [-0.25, -0.2) is 0 Å². The lowest BCUT2D eigenvalue weighted by Crippen LogP contribution is -2.36. The zero-order valence-electron chi connectivity index (χ0n) is 12.8. The van der Waals surface area contributed by atoms with Crippen molar-refractivity contribution in [3.8, 4) is 0 Å². The van der Waals surface area contributed by atoms with Gasteiger partial charge < -0.3 is 5.32 Å². The highest BCUT2D eigenvalue weighted by Gasteiger charge is 2.40. The summed E-state index contributed by atoms with van der Waals surface area (Å²) in [7, 11) is 0. The number of hydrogen-bond donors (Lipinski definition) is 1. The zero-order chi connectivity index (χ0) is 16.0. The predicted octanol–water partition coefficient (Wildman–Crippen LogP) is 4.04. The molecule has 1 N–H and O–H groups in total. The third-order valence-electron chi connectivity index (χ3n) is 4.97. The number of halogens is 1. The summed E-state index contributed by atoms with van der Waals surface area (Å²) in [5, 5.41) is 4.05. The van der Waals surface area contributed by atoms with Gasteiger partial charge in [0.2, 0.25) is 0 Å². The van der Waals surface area contributed by atoms with Gasteiger partial charge in [0, 0.05) is 46.3 Å². The van der Waals surface area contributed by atoms with E-state index in [0.29, 0.717) is 17.9 Å². The summed E-state index contributed by atoms with van der Waals surface area (Å²) < 4.78 is 0. The monoisotopic (exact) mass is 327 g/mol. The number of benzene rings is 1. The number of dihydropyridines is 1. The van der Waals surface area contributed by atoms with E-state index in [9.17, 15) is 9.59 Å². The Morgan fingerprint density at radius 1 is 0.913 bits per heavy atom. The maximum absolute atomic E-state index is 12.6. The van der Waals surface area contributed by atoms with E-state index < -0.39 is 0 Å². The van der Waals surface area contributed by atoms with Crippen LogP contribution in [0.3, 0.4) is 0 Å². The van der Waals surface area contributed by atoms with Gasteiger partial charge in [0.1, 0.15) is 0 Å². The molecule has 23 heavy (non-hydrogen) atoms. The molecule has 0 atom stereocenters. The first-order chi connectivity index (χ1) is 11.1. The molecule has 1 heterocycles. The van der Waals surface area contributed by atoms with Gasteiger partial charge in [0.05, 0.1) is 0 Å². The number of rotatable bonds is 1. The fourth-order valence-electron chi connectivity index (χ4n) is 4.00. The molecule has 3 nitrogen and oxygen atoms in total. The minimum absolute atomic E-state index is 0.161. The lowest BCUT2D eigenvalue weighted by atomic mass is 9.71. The van der Waals surface area contributed by atoms with Crippen molar-refractivity contribution in [2.75, 3.05) is 0 Å². The molecule has 4 rings (SSSR count). The standard InChI is InChI=1S/C19H18ClNO2/c20-12-5-1-4-11(10-12)17-18-13(6-2-8-15(18)22)21-14-7-3-9-16(23)19(14)17/h1,4-5,10,17,21H,2-3,6-9H2. The van der Waals surface area contributed by atoms with Gasteiger partial charge in [-0.3, -0.25) is 9.59 Å². The summed E-state index contributed by atoms with van der Waals surface area (Å²) >= 11 is 6.17. The number of hydrogen-bond acceptors (Lipinski definition) is 3. The molecule has 0 aromatic heterocycles. The van der Waals surface area contributed by atoms with Crippen molar-refractivity contribution in [3.05, 3.63) is 57.4 Å². The van der Waals surface area contributed by atoms with E-state index in [-0.39, 0.29) is 17.5 Å². The molecule has 0 saturated heterocycles. The first kappa shape index (κ1) is 14.7. The van der Waals surface area contributed by atoms with Gasteiger partial charge in [-0.1, -0.05) is 23.7 Å². The van der Waals surface area contributed by atoms with E-state index in [0.717, 1.165) is 53.8 Å². The number of nitrogens with one attached hydrogen (secondary N) is 1. The van der Waals surface area contributed by atoms with E-state index in [1.165, 1.54) is 0 Å². The number of allylic oxidation sites excluding steroid dienone is 4. The van der Waals surface area contributed by atoms with E-state index in [2.05, 4.69) is 5.32 Å². The van der Waals surface area contributed by atoms with Crippen molar-refractivity contribution in [2.45, 2.75) is 44.4 Å². The molecular weight excluding hydrogens is 310 g/mol. The Hall–Kier alpha value is -1.87. The molecule has 1 aromatic carbocycles. The molecule has 0 saturated carbocycles. The molecule has 3 aliphatic rings. The fourth-order valence-corrected chi connectivity index (χ4v) is 4.20. The number of carbonyl (C=O) groups is 2. The molecule has 4 heteroatoms. The van der Waals surface area contributed by atoms with Crippen molar-refractivity contribution in [1.82, 2.24) is 5.32 Å². The van der Waals surface area contributed by atoms with Crippen LogP contribution >= 0.6 is 11.6 Å². The molecular formula is C19H18ClNO2. The van der Waals surface area contributed by atoms with Crippen LogP contribution in [0.4, 0.5) is 0 Å². The molecule has 1 aromatic rings. The quantitative estimate of drug-likeness (QED) is 0.846. The Kier molecular flexibility index (Phi) is 3.61. The van der Waals surface area contributed by atoms with Gasteiger partial charge in [-0.15, -0.1) is 0 Å². The SMILES string of the molecule is O=C1CCCC2=C1C(c1cccc(Cl)c1)C1=C(CCCC1=O)N2. The predicted molar refractivity (Wildman–Crippen MR) is 89.1 cm³/mol. The maximum Gasteiger partial charge on any atom is 0.161 e. The second kappa shape index (κ2) is 5.64. The van der Waals surface area contributed by atoms with Crippen molar-refractivity contribution in [3.63, 3.8) is 0 Å². The van der Waals surface area contributed by atoms with Crippen LogP contribution in [-0.2, 0) is 9.59 Å². The molecule has 0 radical (unpaired) electrons. The van der Waals surface area contributed by atoms with Gasteiger partial charge >= 0.3 is 0 Å². The Labute approximate surface area is 140 Å². The van der Waals surface area contributed by atoms with Gasteiger partial charge in [-0.05, 0) is 43.4 Å². The molecule has 0 bridgehead atoms. The molecule has 0 fully saturated rings. The third-order valence-corrected chi connectivity index (χ3v) is 5.21. The summed E-state index contributed by atoms with van der Waals surface area (Å²) in [6, 6.07) is 7.57. The Balaban J connectivity index is 1.92. The van der Waals surface area contributed by atoms with E-state index >= 15 is 0 Å². The minimum Gasteiger partial charge on any atom is -0.362 e. The van der Waals surface area contributed by atoms with Crippen LogP contribution in [0.15, 0.2) is 46.8 Å². The number of ketones is 2. The fraction of sp³-hybridized carbons (Fsp3) is 0.368. The highest BCUT2D eigenvalue weighted by atomic mass is 35.5. The lowest BCUT2D eigenvalue weighted by molar-refractivity contribution is -0.116. The first-order valence-electron chi connectivity index (χ1n) is 8.20. The third kappa shape index (κ3) is 2.43. The van der Waals surface area contributed by atoms with E-state index in [1.54, 1.807) is 0 Å². The van der Waals surface area contributed by atoms with Crippen molar-refractivity contribution in [1.29, 1.82) is 0 Å². The number of Topliss-reactive ketones (excluding diaryl/α,β-unsaturated/α-hetero) is 2. The summed E-state index contributed by atoms with van der Waals surface area (Å²) in [4.78, 5) is 25.2. The normalized spacial score (nSPS) is 22.0. The van der Waals surface area contributed by atoms with Crippen LogP contribution in [0.1, 0.15) is 50.0 Å². The van der Waals surface area contributed by atoms with Crippen LogP contribution < -0.4 is 5.32 Å². The molecule has 0 spiro atoms. The molecule has 0 unspecified atom stereocenters. The molecule has 1 aliphatic heterocycles. The minimum atomic E-state index is -0.249. The zero-order valence-corrected chi connectivity index (χ0v) is 13.6. The van der Waals surface area contributed by atoms with Gasteiger partial charge in [0.25, 0.3) is 0 Å². The summed E-state index contributed by atoms with van der Waals surface area (Å²) in [5.74, 6) is 0.0721. The van der Waals surface area contributed by atoms with Crippen molar-refractivity contribution < 1.29 is 9.59 Å². The topological polar surface area (TPSA) is 46.2 Å². The lowest BCUT2D eigenvalue weighted by Gasteiger charge is -2.37. The smallest absolute Gasteiger partial charge is 0.161 e. The summed E-state index contributed by atoms with van der Waals surface area (Å²) in [5.41, 5.74) is 4.55. The second-order valence-electron chi connectivity index (χ2n) is 6.45. The van der Waals surface area contributed by atoms with Crippen LogP contribution in [0.25, 0.3) is 0 Å². The van der Waals surface area contributed by atoms with Crippen LogP contribution in [0.5, 0.6) is 0 Å². The Morgan fingerprint density at radius 3 is 2.09 bits per heavy atom. The maximum atomic E-state index is 12.6. The van der Waals surface area contributed by atoms with Crippen molar-refractivity contribution >= 4 is 23.2 Å². The Bertz CT molecular complexity index is 733. The Morgan fingerprint density at radius 2 is 1.52 bits per heavy atom. The molecule has 118 valence electrons. The highest BCUT2D eigenvalue weighted by molar-refractivity contribution is 6.30. The average Bonchev–Trinajstić information content (AvgIpc) is 2.53. The van der Waals surface area contributed by atoms with Gasteiger partial charge in [0.15, 0.2) is 11.6 Å². The second-order valence-corrected chi connectivity index (χ2v) is 6.89. The summed E-state index contributed by atoms with van der Waals surface area (Å²) in [6.07, 6.45) is 4.64. The van der Waals surface area contributed by atoms with Crippen molar-refractivity contribution in [2.24, 2.45) is 0 Å². The van der Waals surface area contributed by atoms with E-state index in [4.69, 9.17) is 11.6 Å². The van der Waals surface area contributed by atoms with Crippen LogP contribution in [-0.4, -0.2) is 11.6 Å². The van der Waals surface area contributed by atoms with Gasteiger partial charge in [-0.2, -0.15) is 0 Å². The first-order valence-corrected chi connectivity index (χ1v) is 8.58. The van der Waals surface area contributed by atoms with Crippen LogP contribution in [0.2, 0.25) is 5.02 Å². The van der Waals surface area contributed by atoms with E-state index in [1.807, 2.05) is 24.3 Å². The highest BCUT2D eigenvalue weighted by Crippen LogP contribution is 2.45. The largest absolute Gasteiger partial charge is 0.362 e. The van der Waals surface area contributed by atoms with Crippen LogP contribution in [0, 0.1) is 0 Å². The number of carbonyl (C=O) groups excluding carboxylic acids is 2. The summed E-state index contributed by atoms with van der Waals surface area (Å²) in [6.45, 7) is 0.